The van der Waals surface area contributed by atoms with Crippen LogP contribution in [0.5, 0.6) is 0 Å². The van der Waals surface area contributed by atoms with Crippen LogP contribution in [0.2, 0.25) is 0 Å². The van der Waals surface area contributed by atoms with Crippen LogP contribution in [0.3, 0.4) is 0 Å². The van der Waals surface area contributed by atoms with Gasteiger partial charge in [0, 0.05) is 6.07 Å². The minimum absolute atomic E-state index is 0. The van der Waals surface area contributed by atoms with Crippen LogP contribution in [0.1, 0.15) is 11.6 Å². The Labute approximate surface area is 120 Å². The van der Waals surface area contributed by atoms with Crippen molar-refractivity contribution < 1.29 is 23.2 Å². The number of nitrogens with zero attached hydrogens (tertiary/aromatic N) is 1. The largest absolute Gasteiger partial charge is 0.416 e. The SMILES string of the molecule is Cl.N[C@@H](c1ccc(Br)c([N+](=O)[O-])c1)[C@H](O)C(F)(F)F. The smallest absolute Gasteiger partial charge is 0.382 e. The lowest BCUT2D eigenvalue weighted by Gasteiger charge is -2.21. The zero-order valence-corrected chi connectivity index (χ0v) is 11.5. The maximum Gasteiger partial charge on any atom is 0.416 e. The second-order valence-corrected chi connectivity index (χ2v) is 4.33. The molecule has 0 unspecified atom stereocenters. The number of alkyl halides is 3. The molecular weight excluding hydrogens is 356 g/mol. The summed E-state index contributed by atoms with van der Waals surface area (Å²) < 4.78 is 36.9. The Bertz CT molecular complexity index is 473. The third-order valence-corrected chi connectivity index (χ3v) is 2.90. The Morgan fingerprint density at radius 2 is 1.95 bits per heavy atom. The first kappa shape index (κ1) is 18.1. The zero-order valence-electron chi connectivity index (χ0n) is 9.10. The van der Waals surface area contributed by atoms with Crippen molar-refractivity contribution in [2.45, 2.75) is 18.3 Å². The number of hydrogen-bond acceptors (Lipinski definition) is 4. The van der Waals surface area contributed by atoms with Crippen LogP contribution in [-0.2, 0) is 0 Å². The van der Waals surface area contributed by atoms with E-state index >= 15 is 0 Å². The predicted octanol–water partition coefficient (Wildman–Crippen LogP) is 2.70. The van der Waals surface area contributed by atoms with Crippen LogP contribution < -0.4 is 5.73 Å². The molecule has 108 valence electrons. The molecule has 1 aromatic carbocycles. The van der Waals surface area contributed by atoms with Gasteiger partial charge < -0.3 is 10.8 Å². The summed E-state index contributed by atoms with van der Waals surface area (Å²) in [4.78, 5) is 9.85. The third-order valence-electron chi connectivity index (χ3n) is 2.23. The van der Waals surface area contributed by atoms with Crippen molar-refractivity contribution in [1.29, 1.82) is 0 Å². The van der Waals surface area contributed by atoms with E-state index in [9.17, 15) is 23.3 Å². The van der Waals surface area contributed by atoms with Crippen molar-refractivity contribution in [2.24, 2.45) is 5.73 Å². The molecule has 0 aromatic heterocycles. The molecule has 0 aliphatic heterocycles. The lowest BCUT2D eigenvalue weighted by molar-refractivity contribution is -0.385. The van der Waals surface area contributed by atoms with Gasteiger partial charge in [0.05, 0.1) is 15.4 Å². The molecule has 0 bridgehead atoms. The number of hydrogen-bond donors (Lipinski definition) is 2. The summed E-state index contributed by atoms with van der Waals surface area (Å²) >= 11 is 2.89. The Morgan fingerprint density at radius 3 is 2.37 bits per heavy atom. The summed E-state index contributed by atoms with van der Waals surface area (Å²) in [7, 11) is 0. The fourth-order valence-electron chi connectivity index (χ4n) is 1.26. The van der Waals surface area contributed by atoms with Crippen molar-refractivity contribution in [1.82, 2.24) is 0 Å². The third kappa shape index (κ3) is 4.30. The van der Waals surface area contributed by atoms with Crippen molar-refractivity contribution in [3.8, 4) is 0 Å². The molecule has 0 aliphatic carbocycles. The van der Waals surface area contributed by atoms with Gasteiger partial charge in [0.2, 0.25) is 0 Å². The van der Waals surface area contributed by atoms with E-state index in [0.29, 0.717) is 0 Å². The quantitative estimate of drug-likeness (QED) is 0.636. The summed E-state index contributed by atoms with van der Waals surface area (Å²) in [6.07, 6.45) is -7.67. The molecule has 0 aliphatic rings. The van der Waals surface area contributed by atoms with E-state index in [-0.39, 0.29) is 22.4 Å². The number of aliphatic hydroxyl groups is 1. The molecule has 0 amide bonds. The monoisotopic (exact) mass is 364 g/mol. The van der Waals surface area contributed by atoms with E-state index < -0.39 is 28.9 Å². The van der Waals surface area contributed by atoms with Crippen molar-refractivity contribution in [2.75, 3.05) is 0 Å². The van der Waals surface area contributed by atoms with Gasteiger partial charge in [-0.15, -0.1) is 12.4 Å². The molecule has 0 heterocycles. The summed E-state index contributed by atoms with van der Waals surface area (Å²) in [5, 5.41) is 19.6. The molecule has 0 spiro atoms. The summed E-state index contributed by atoms with van der Waals surface area (Å²) in [6, 6.07) is 1.49. The maximum absolute atomic E-state index is 12.3. The highest BCUT2D eigenvalue weighted by atomic mass is 79.9. The van der Waals surface area contributed by atoms with E-state index in [4.69, 9.17) is 10.8 Å². The molecule has 0 fully saturated rings. The van der Waals surface area contributed by atoms with E-state index in [1.165, 1.54) is 12.1 Å². The molecule has 19 heavy (non-hydrogen) atoms. The van der Waals surface area contributed by atoms with Crippen molar-refractivity contribution in [3.05, 3.63) is 38.3 Å². The zero-order chi connectivity index (χ0) is 14.1. The molecular formula is C9H9BrClF3N2O3. The summed E-state index contributed by atoms with van der Waals surface area (Å²) in [6.45, 7) is 0. The summed E-state index contributed by atoms with van der Waals surface area (Å²) in [5.74, 6) is 0. The van der Waals surface area contributed by atoms with Gasteiger partial charge in [-0.05, 0) is 27.6 Å². The molecule has 5 nitrogen and oxygen atoms in total. The van der Waals surface area contributed by atoms with Gasteiger partial charge >= 0.3 is 6.18 Å². The fourth-order valence-corrected chi connectivity index (χ4v) is 1.65. The number of nitrogens with two attached hydrogens (primary N) is 1. The number of nitro groups is 1. The highest BCUT2D eigenvalue weighted by Crippen LogP contribution is 2.32. The molecule has 0 saturated carbocycles. The van der Waals surface area contributed by atoms with E-state index in [2.05, 4.69) is 15.9 Å². The number of benzene rings is 1. The number of rotatable bonds is 3. The fraction of sp³-hybridized carbons (Fsp3) is 0.333. The Kier molecular flexibility index (Phi) is 6.20. The average molecular weight is 366 g/mol. The molecule has 1 aromatic rings. The van der Waals surface area contributed by atoms with Gasteiger partial charge in [-0.25, -0.2) is 0 Å². The van der Waals surface area contributed by atoms with Gasteiger partial charge in [0.15, 0.2) is 6.10 Å². The molecule has 2 atom stereocenters. The molecule has 0 radical (unpaired) electrons. The standard InChI is InChI=1S/C9H8BrF3N2O3.ClH/c10-5-2-1-4(3-6(5)15(17)18)7(14)8(16)9(11,12)13;/h1-3,7-8,16H,14H2;1H/t7-,8-;/m0./s1. The second-order valence-electron chi connectivity index (χ2n) is 3.48. The first-order valence-corrected chi connectivity index (χ1v) is 5.38. The van der Waals surface area contributed by atoms with Crippen LogP contribution in [0.15, 0.2) is 22.7 Å². The van der Waals surface area contributed by atoms with Gasteiger partial charge in [-0.1, -0.05) is 6.07 Å². The predicted molar refractivity (Wildman–Crippen MR) is 67.0 cm³/mol. The van der Waals surface area contributed by atoms with Crippen LogP contribution >= 0.6 is 28.3 Å². The first-order chi connectivity index (χ1) is 8.14. The van der Waals surface area contributed by atoms with Crippen LogP contribution in [0.4, 0.5) is 18.9 Å². The Balaban J connectivity index is 0.00000324. The lowest BCUT2D eigenvalue weighted by atomic mass is 10.0. The van der Waals surface area contributed by atoms with E-state index in [0.717, 1.165) is 6.07 Å². The molecule has 1 rings (SSSR count). The molecule has 10 heteroatoms. The van der Waals surface area contributed by atoms with E-state index in [1.807, 2.05) is 0 Å². The van der Waals surface area contributed by atoms with E-state index in [1.54, 1.807) is 0 Å². The minimum atomic E-state index is -4.89. The first-order valence-electron chi connectivity index (χ1n) is 4.58. The summed E-state index contributed by atoms with van der Waals surface area (Å²) in [5.41, 5.74) is 4.65. The molecule has 3 N–H and O–H groups in total. The Morgan fingerprint density at radius 1 is 1.42 bits per heavy atom. The van der Waals surface area contributed by atoms with Crippen molar-refractivity contribution in [3.63, 3.8) is 0 Å². The highest BCUT2D eigenvalue weighted by Gasteiger charge is 2.43. The number of nitro benzene ring substituents is 1. The van der Waals surface area contributed by atoms with Crippen LogP contribution in [-0.4, -0.2) is 22.3 Å². The highest BCUT2D eigenvalue weighted by molar-refractivity contribution is 9.10. The Hall–Kier alpha value is -0.900. The second kappa shape index (κ2) is 6.51. The molecule has 0 saturated heterocycles. The maximum atomic E-state index is 12.3. The van der Waals surface area contributed by atoms with Crippen LogP contribution in [0.25, 0.3) is 0 Å². The van der Waals surface area contributed by atoms with Gasteiger partial charge in [0.25, 0.3) is 5.69 Å². The number of halogens is 5. The average Bonchev–Trinajstić information content (AvgIpc) is 2.26. The minimum Gasteiger partial charge on any atom is -0.382 e. The lowest BCUT2D eigenvalue weighted by Crippen LogP contribution is -2.38. The van der Waals surface area contributed by atoms with Gasteiger partial charge in [-0.2, -0.15) is 13.2 Å². The van der Waals surface area contributed by atoms with Crippen LogP contribution in [0, 0.1) is 10.1 Å². The normalized spacial score (nSPS) is 14.4. The number of aliphatic hydroxyl groups excluding tert-OH is 1. The van der Waals surface area contributed by atoms with Crippen molar-refractivity contribution >= 4 is 34.0 Å². The van der Waals surface area contributed by atoms with Gasteiger partial charge in [0.1, 0.15) is 0 Å². The topological polar surface area (TPSA) is 89.4 Å². The van der Waals surface area contributed by atoms with Gasteiger partial charge in [-0.3, -0.25) is 10.1 Å².